The molecule has 0 aromatic heterocycles. The van der Waals surface area contributed by atoms with Crippen molar-refractivity contribution in [1.82, 2.24) is 0 Å². The van der Waals surface area contributed by atoms with E-state index in [1.165, 1.54) is 30.1 Å². The fourth-order valence-corrected chi connectivity index (χ4v) is 1.19. The van der Waals surface area contributed by atoms with Crippen LogP contribution < -0.4 is 0 Å². The third-order valence-electron chi connectivity index (χ3n) is 1.26. The van der Waals surface area contributed by atoms with E-state index in [-0.39, 0.29) is 0 Å². The molecule has 0 aliphatic heterocycles. The minimum absolute atomic E-state index is 1.28. The average molecular weight is 230 g/mol. The molecule has 0 nitrogen and oxygen atoms in total. The summed E-state index contributed by atoms with van der Waals surface area (Å²) < 4.78 is 1.28. The Kier molecular flexibility index (Phi) is 9.05. The van der Waals surface area contributed by atoms with Gasteiger partial charge in [0.25, 0.3) is 0 Å². The van der Waals surface area contributed by atoms with Crippen molar-refractivity contribution in [3.8, 4) is 0 Å². The molecule has 0 rings (SSSR count). The van der Waals surface area contributed by atoms with Gasteiger partial charge in [-0.1, -0.05) is 0 Å². The van der Waals surface area contributed by atoms with Gasteiger partial charge in [0.2, 0.25) is 0 Å². The first kappa shape index (κ1) is 9.54. The monoisotopic (exact) mass is 231 g/mol. The molecule has 0 fully saturated rings. The molecule has 0 saturated heterocycles. The Balaban J connectivity index is 2.82. The number of hydrogen-bond donors (Lipinski definition) is 0. The van der Waals surface area contributed by atoms with Gasteiger partial charge in [-0.05, 0) is 0 Å². The molecule has 0 aromatic rings. The topological polar surface area (TPSA) is 0 Å². The summed E-state index contributed by atoms with van der Waals surface area (Å²) in [6.07, 6.45) is 10.00. The summed E-state index contributed by atoms with van der Waals surface area (Å²) in [6.45, 7) is 2.24. The Labute approximate surface area is 71.8 Å². The van der Waals surface area contributed by atoms with Crippen molar-refractivity contribution in [1.29, 1.82) is 0 Å². The molecule has 51 valence electrons. The van der Waals surface area contributed by atoms with Crippen LogP contribution in [0.1, 0.15) is 32.6 Å². The number of allylic oxidation sites excluding steroid dienone is 2. The number of hydrogen-bond acceptors (Lipinski definition) is 0. The number of rotatable bonds is 5. The number of unbranched alkanes of at least 4 members (excludes halogenated alkanes) is 3. The van der Waals surface area contributed by atoms with Crippen LogP contribution in [0.3, 0.4) is 0 Å². The first-order chi connectivity index (χ1) is 4.41. The summed E-state index contributed by atoms with van der Waals surface area (Å²) >= 11 is 1.62. The van der Waals surface area contributed by atoms with E-state index in [0.717, 1.165) is 0 Å². The van der Waals surface area contributed by atoms with Gasteiger partial charge < -0.3 is 0 Å². The van der Waals surface area contributed by atoms with Crippen molar-refractivity contribution < 1.29 is 0 Å². The SMILES string of the molecule is CCCCCC=C[CH2][Sn]. The maximum atomic E-state index is 2.31. The molecule has 0 aliphatic rings. The Bertz CT molecular complexity index is 67.0. The van der Waals surface area contributed by atoms with Crippen LogP contribution in [0.4, 0.5) is 0 Å². The fraction of sp³-hybridized carbons (Fsp3) is 0.750. The van der Waals surface area contributed by atoms with Gasteiger partial charge in [-0.25, -0.2) is 0 Å². The minimum atomic E-state index is 1.28. The molecule has 9 heavy (non-hydrogen) atoms. The van der Waals surface area contributed by atoms with Gasteiger partial charge in [-0.15, -0.1) is 0 Å². The standard InChI is InChI=1S/C8H15.Sn/c1-3-5-7-8-6-4-2;/h3,5H,1,4,6-8H2,2H3;. The molecular formula is C8H15Sn. The zero-order valence-electron chi connectivity index (χ0n) is 6.19. The van der Waals surface area contributed by atoms with Crippen LogP contribution in [0.5, 0.6) is 0 Å². The van der Waals surface area contributed by atoms with Crippen LogP contribution in [0, 0.1) is 0 Å². The van der Waals surface area contributed by atoms with Gasteiger partial charge in [-0.3, -0.25) is 0 Å². The summed E-state index contributed by atoms with van der Waals surface area (Å²) in [4.78, 5) is 0. The average Bonchev–Trinajstić information content (AvgIpc) is 1.89. The molecule has 0 heterocycles. The van der Waals surface area contributed by atoms with E-state index in [9.17, 15) is 0 Å². The maximum absolute atomic E-state index is 2.31. The van der Waals surface area contributed by atoms with Crippen molar-refractivity contribution in [3.63, 3.8) is 0 Å². The van der Waals surface area contributed by atoms with Gasteiger partial charge in [0, 0.05) is 0 Å². The molecule has 1 heteroatoms. The third-order valence-corrected chi connectivity index (χ3v) is 1.93. The molecule has 0 unspecified atom stereocenters. The third kappa shape index (κ3) is 8.54. The van der Waals surface area contributed by atoms with E-state index in [2.05, 4.69) is 19.1 Å². The van der Waals surface area contributed by atoms with Gasteiger partial charge in [-0.2, -0.15) is 0 Å². The van der Waals surface area contributed by atoms with Crippen LogP contribution in [-0.2, 0) is 0 Å². The normalized spacial score (nSPS) is 10.9. The fourth-order valence-electron chi connectivity index (χ4n) is 0.713. The molecule has 0 aliphatic carbocycles. The van der Waals surface area contributed by atoms with Gasteiger partial charge >= 0.3 is 71.7 Å². The molecule has 0 N–H and O–H groups in total. The molecule has 3 radical (unpaired) electrons. The van der Waals surface area contributed by atoms with Crippen molar-refractivity contribution >= 4 is 22.5 Å². The Morgan fingerprint density at radius 2 is 2.00 bits per heavy atom. The summed E-state index contributed by atoms with van der Waals surface area (Å²) in [5, 5.41) is 0. The second-order valence-corrected chi connectivity index (χ2v) is 3.34. The Morgan fingerprint density at radius 3 is 2.56 bits per heavy atom. The quantitative estimate of drug-likeness (QED) is 0.387. The first-order valence-electron chi connectivity index (χ1n) is 3.71. The molecule has 0 spiro atoms. The molecule has 0 atom stereocenters. The van der Waals surface area contributed by atoms with E-state index < -0.39 is 0 Å². The van der Waals surface area contributed by atoms with Crippen molar-refractivity contribution in [2.24, 2.45) is 0 Å². The molecular weight excluding hydrogens is 215 g/mol. The van der Waals surface area contributed by atoms with Crippen LogP contribution in [0.25, 0.3) is 0 Å². The zero-order valence-corrected chi connectivity index (χ0v) is 9.04. The predicted octanol–water partition coefficient (Wildman–Crippen LogP) is 2.71. The van der Waals surface area contributed by atoms with E-state index in [0.29, 0.717) is 0 Å². The van der Waals surface area contributed by atoms with E-state index in [4.69, 9.17) is 0 Å². The van der Waals surface area contributed by atoms with Crippen LogP contribution in [0.15, 0.2) is 12.2 Å². The van der Waals surface area contributed by atoms with E-state index in [1.807, 2.05) is 0 Å². The molecule has 0 saturated carbocycles. The van der Waals surface area contributed by atoms with E-state index >= 15 is 0 Å². The van der Waals surface area contributed by atoms with Gasteiger partial charge in [0.1, 0.15) is 0 Å². The van der Waals surface area contributed by atoms with Crippen LogP contribution in [-0.4, -0.2) is 22.5 Å². The second-order valence-electron chi connectivity index (χ2n) is 2.17. The molecule has 0 bridgehead atoms. The Hall–Kier alpha value is 0.539. The summed E-state index contributed by atoms with van der Waals surface area (Å²) in [5.74, 6) is 0. The van der Waals surface area contributed by atoms with Gasteiger partial charge in [0.15, 0.2) is 0 Å². The zero-order chi connectivity index (χ0) is 6.95. The molecule has 0 aromatic carbocycles. The van der Waals surface area contributed by atoms with Crippen molar-refractivity contribution in [3.05, 3.63) is 12.2 Å². The summed E-state index contributed by atoms with van der Waals surface area (Å²) in [6, 6.07) is 0. The van der Waals surface area contributed by atoms with Crippen molar-refractivity contribution in [2.75, 3.05) is 0 Å². The summed E-state index contributed by atoms with van der Waals surface area (Å²) in [5.41, 5.74) is 0. The van der Waals surface area contributed by atoms with Crippen LogP contribution in [0.2, 0.25) is 4.44 Å². The Morgan fingerprint density at radius 1 is 1.22 bits per heavy atom. The van der Waals surface area contributed by atoms with Gasteiger partial charge in [0.05, 0.1) is 0 Å². The second kappa shape index (κ2) is 8.54. The van der Waals surface area contributed by atoms with E-state index in [1.54, 1.807) is 22.5 Å². The predicted molar refractivity (Wildman–Crippen MR) is 43.8 cm³/mol. The first-order valence-corrected chi connectivity index (χ1v) is 5.73. The van der Waals surface area contributed by atoms with Crippen molar-refractivity contribution in [2.45, 2.75) is 37.0 Å². The molecule has 0 amide bonds. The summed E-state index contributed by atoms with van der Waals surface area (Å²) in [7, 11) is 0. The van der Waals surface area contributed by atoms with Crippen LogP contribution >= 0.6 is 0 Å².